The van der Waals surface area contributed by atoms with Gasteiger partial charge < -0.3 is 9.84 Å². The van der Waals surface area contributed by atoms with Crippen molar-refractivity contribution < 1.29 is 19.4 Å². The maximum atomic E-state index is 12.4. The number of carbonyl (C=O) groups is 2. The van der Waals surface area contributed by atoms with Crippen LogP contribution in [-0.2, 0) is 14.3 Å². The van der Waals surface area contributed by atoms with E-state index in [1.54, 1.807) is 0 Å². The summed E-state index contributed by atoms with van der Waals surface area (Å²) in [5, 5.41) is 8.67. The van der Waals surface area contributed by atoms with E-state index in [0.29, 0.717) is 12.8 Å². The lowest BCUT2D eigenvalue weighted by molar-refractivity contribution is -0.150. The van der Waals surface area contributed by atoms with Gasteiger partial charge in [-0.25, -0.2) is 0 Å². The zero-order valence-electron chi connectivity index (χ0n) is 25.5. The monoisotopic (exact) mass is 536 g/mol. The molecule has 1 unspecified atom stereocenters. The molecule has 1 N–H and O–H groups in total. The van der Waals surface area contributed by atoms with Crippen LogP contribution in [0.2, 0.25) is 0 Å². The molecule has 1 atom stereocenters. The fourth-order valence-corrected chi connectivity index (χ4v) is 4.99. The van der Waals surface area contributed by atoms with E-state index in [9.17, 15) is 9.59 Å². The molecular formula is C34H64O4. The van der Waals surface area contributed by atoms with Crippen molar-refractivity contribution >= 4 is 11.9 Å². The molecule has 0 amide bonds. The Labute approximate surface area is 236 Å². The summed E-state index contributed by atoms with van der Waals surface area (Å²) in [6.45, 7) is 4.47. The summed E-state index contributed by atoms with van der Waals surface area (Å²) in [5.74, 6) is -0.680. The van der Waals surface area contributed by atoms with Crippen molar-refractivity contribution in [1.82, 2.24) is 0 Å². The van der Waals surface area contributed by atoms with E-state index in [2.05, 4.69) is 26.0 Å². The molecular weight excluding hydrogens is 472 g/mol. The highest BCUT2D eigenvalue weighted by atomic mass is 16.5. The standard InChI is InChI=1S/C34H64O4/c1-3-5-7-8-9-10-11-12-13-14-15-16-21-24-27-31-34(37)38-32(28-6-4-2)29-25-22-19-17-18-20-23-26-30-33(35)36/h12-13,32H,3-11,14-31H2,1-2H3,(H,35,36)/b13-12-. The molecule has 0 aromatic rings. The highest BCUT2D eigenvalue weighted by Crippen LogP contribution is 2.17. The van der Waals surface area contributed by atoms with Crippen molar-refractivity contribution in [1.29, 1.82) is 0 Å². The van der Waals surface area contributed by atoms with Crippen LogP contribution in [0.4, 0.5) is 0 Å². The zero-order valence-corrected chi connectivity index (χ0v) is 25.5. The van der Waals surface area contributed by atoms with Gasteiger partial charge in [-0.05, 0) is 57.8 Å². The molecule has 0 bridgehead atoms. The summed E-state index contributed by atoms with van der Waals surface area (Å²) in [6.07, 6.45) is 35.4. The van der Waals surface area contributed by atoms with E-state index in [4.69, 9.17) is 9.84 Å². The van der Waals surface area contributed by atoms with E-state index < -0.39 is 5.97 Å². The Bertz CT molecular complexity index is 543. The fourth-order valence-electron chi connectivity index (χ4n) is 4.99. The molecule has 4 heteroatoms. The Hall–Kier alpha value is -1.32. The van der Waals surface area contributed by atoms with Crippen LogP contribution in [-0.4, -0.2) is 23.1 Å². The van der Waals surface area contributed by atoms with Crippen LogP contribution < -0.4 is 0 Å². The SMILES string of the molecule is CCCCCCCC/C=C\CCCCCCCC(=O)OC(CCCC)CCCCCCCCCCC(=O)O. The van der Waals surface area contributed by atoms with Gasteiger partial charge >= 0.3 is 11.9 Å². The van der Waals surface area contributed by atoms with Gasteiger partial charge in [0.2, 0.25) is 0 Å². The predicted octanol–water partition coefficient (Wildman–Crippen LogP) is 11.1. The smallest absolute Gasteiger partial charge is 0.306 e. The first-order chi connectivity index (χ1) is 18.6. The summed E-state index contributed by atoms with van der Waals surface area (Å²) < 4.78 is 5.87. The number of unbranched alkanes of at least 4 members (excludes halogenated alkanes) is 19. The van der Waals surface area contributed by atoms with Crippen LogP contribution in [0.25, 0.3) is 0 Å². The number of esters is 1. The zero-order chi connectivity index (χ0) is 27.9. The Morgan fingerprint density at radius 1 is 0.553 bits per heavy atom. The van der Waals surface area contributed by atoms with E-state index >= 15 is 0 Å². The fraction of sp³-hybridized carbons (Fsp3) is 0.882. The lowest BCUT2D eigenvalue weighted by Gasteiger charge is -2.18. The molecule has 0 aliphatic carbocycles. The van der Waals surface area contributed by atoms with Gasteiger partial charge in [0.1, 0.15) is 6.10 Å². The van der Waals surface area contributed by atoms with Crippen molar-refractivity contribution in [2.45, 2.75) is 193 Å². The van der Waals surface area contributed by atoms with Crippen molar-refractivity contribution in [3.05, 3.63) is 12.2 Å². The van der Waals surface area contributed by atoms with Crippen LogP contribution in [0.1, 0.15) is 187 Å². The first kappa shape index (κ1) is 36.7. The Balaban J connectivity index is 3.68. The van der Waals surface area contributed by atoms with E-state index in [-0.39, 0.29) is 12.1 Å². The minimum atomic E-state index is -0.684. The second-order valence-corrected chi connectivity index (χ2v) is 11.3. The summed E-state index contributed by atoms with van der Waals surface area (Å²) in [6, 6.07) is 0. The molecule has 224 valence electrons. The summed E-state index contributed by atoms with van der Waals surface area (Å²) in [7, 11) is 0. The third-order valence-electron chi connectivity index (χ3n) is 7.49. The molecule has 0 heterocycles. The van der Waals surface area contributed by atoms with Crippen molar-refractivity contribution in [2.75, 3.05) is 0 Å². The maximum absolute atomic E-state index is 12.4. The topological polar surface area (TPSA) is 63.6 Å². The van der Waals surface area contributed by atoms with E-state index in [0.717, 1.165) is 64.2 Å². The number of carbonyl (C=O) groups excluding carboxylic acids is 1. The average Bonchev–Trinajstić information content (AvgIpc) is 2.90. The first-order valence-electron chi connectivity index (χ1n) is 16.7. The van der Waals surface area contributed by atoms with Gasteiger partial charge in [0.25, 0.3) is 0 Å². The van der Waals surface area contributed by atoms with Crippen molar-refractivity contribution in [3.63, 3.8) is 0 Å². The van der Waals surface area contributed by atoms with Crippen LogP contribution in [0.3, 0.4) is 0 Å². The number of rotatable bonds is 30. The number of hydrogen-bond donors (Lipinski definition) is 1. The minimum absolute atomic E-state index is 0.00471. The second-order valence-electron chi connectivity index (χ2n) is 11.3. The highest BCUT2D eigenvalue weighted by molar-refractivity contribution is 5.69. The largest absolute Gasteiger partial charge is 0.481 e. The van der Waals surface area contributed by atoms with Gasteiger partial charge in [-0.1, -0.05) is 129 Å². The number of ether oxygens (including phenoxy) is 1. The molecule has 0 rings (SSSR count). The van der Waals surface area contributed by atoms with Crippen LogP contribution in [0, 0.1) is 0 Å². The summed E-state index contributed by atoms with van der Waals surface area (Å²) in [5.41, 5.74) is 0. The van der Waals surface area contributed by atoms with Gasteiger partial charge in [-0.15, -0.1) is 0 Å². The van der Waals surface area contributed by atoms with Crippen molar-refractivity contribution in [3.8, 4) is 0 Å². The molecule has 0 spiro atoms. The third-order valence-corrected chi connectivity index (χ3v) is 7.49. The molecule has 0 aromatic carbocycles. The van der Waals surface area contributed by atoms with Gasteiger partial charge in [0.05, 0.1) is 0 Å². The summed E-state index contributed by atoms with van der Waals surface area (Å²) >= 11 is 0. The van der Waals surface area contributed by atoms with Crippen LogP contribution in [0.5, 0.6) is 0 Å². The van der Waals surface area contributed by atoms with E-state index in [1.807, 2.05) is 0 Å². The lowest BCUT2D eigenvalue weighted by Crippen LogP contribution is -2.18. The third kappa shape index (κ3) is 29.2. The number of carboxylic acids is 1. The molecule has 0 saturated carbocycles. The van der Waals surface area contributed by atoms with Crippen molar-refractivity contribution in [2.24, 2.45) is 0 Å². The molecule has 0 aromatic heterocycles. The number of aliphatic carboxylic acids is 1. The van der Waals surface area contributed by atoms with Crippen LogP contribution in [0.15, 0.2) is 12.2 Å². The number of carboxylic acid groups (broad SMARTS) is 1. The lowest BCUT2D eigenvalue weighted by atomic mass is 10.0. The highest BCUT2D eigenvalue weighted by Gasteiger charge is 2.13. The normalized spacial score (nSPS) is 12.3. The number of hydrogen-bond acceptors (Lipinski definition) is 3. The quantitative estimate of drug-likeness (QED) is 0.0563. The number of allylic oxidation sites excluding steroid dienone is 2. The van der Waals surface area contributed by atoms with Gasteiger partial charge in [-0.3, -0.25) is 9.59 Å². The molecule has 0 fully saturated rings. The maximum Gasteiger partial charge on any atom is 0.306 e. The Kier molecular flexibility index (Phi) is 29.2. The molecule has 0 aliphatic rings. The molecule has 38 heavy (non-hydrogen) atoms. The van der Waals surface area contributed by atoms with Gasteiger partial charge in [-0.2, -0.15) is 0 Å². The molecule has 0 saturated heterocycles. The Morgan fingerprint density at radius 3 is 1.50 bits per heavy atom. The molecule has 0 radical (unpaired) electrons. The predicted molar refractivity (Wildman–Crippen MR) is 163 cm³/mol. The first-order valence-corrected chi connectivity index (χ1v) is 16.7. The second kappa shape index (κ2) is 30.2. The minimum Gasteiger partial charge on any atom is -0.481 e. The molecule has 4 nitrogen and oxygen atoms in total. The average molecular weight is 537 g/mol. The van der Waals surface area contributed by atoms with Gasteiger partial charge in [0.15, 0.2) is 0 Å². The Morgan fingerprint density at radius 2 is 0.974 bits per heavy atom. The van der Waals surface area contributed by atoms with Crippen LogP contribution >= 0.6 is 0 Å². The summed E-state index contributed by atoms with van der Waals surface area (Å²) in [4.78, 5) is 22.9. The van der Waals surface area contributed by atoms with Gasteiger partial charge in [0, 0.05) is 12.8 Å². The molecule has 0 aliphatic heterocycles. The van der Waals surface area contributed by atoms with E-state index in [1.165, 1.54) is 96.3 Å².